The number of H-pyrrole nitrogens is 2. The summed E-state index contributed by atoms with van der Waals surface area (Å²) in [4.78, 5) is 8.85. The third-order valence-electron chi connectivity index (χ3n) is 4.45. The van der Waals surface area contributed by atoms with Crippen LogP contribution in [0.1, 0.15) is 5.56 Å². The standard InChI is InChI=1S/C19H19N3O/c1-22(19-12-21-17-5-3-2-4-15(17)19)9-8-13-11-20-18-7-6-14(23)10-16(13)18/h2-7,10-12,20-21,23H,8-9H2,1H3. The first kappa shape index (κ1) is 13.8. The minimum atomic E-state index is 0.309. The van der Waals surface area contributed by atoms with E-state index in [1.54, 1.807) is 6.07 Å². The van der Waals surface area contributed by atoms with Gasteiger partial charge in [-0.05, 0) is 36.2 Å². The number of phenolic OH excluding ortho intramolecular Hbond substituents is 1. The number of nitrogens with one attached hydrogen (secondary N) is 2. The van der Waals surface area contributed by atoms with E-state index in [9.17, 15) is 5.11 Å². The molecule has 0 bridgehead atoms. The summed E-state index contributed by atoms with van der Waals surface area (Å²) in [6.07, 6.45) is 5.01. The SMILES string of the molecule is CN(CCc1c[nH]c2ccc(O)cc12)c1c[nH]c2ccccc12. The molecule has 0 aliphatic rings. The van der Waals surface area contributed by atoms with Crippen LogP contribution in [0.4, 0.5) is 5.69 Å². The van der Waals surface area contributed by atoms with Crippen molar-refractivity contribution < 1.29 is 5.11 Å². The molecular weight excluding hydrogens is 286 g/mol. The van der Waals surface area contributed by atoms with E-state index < -0.39 is 0 Å². The average Bonchev–Trinajstić information content (AvgIpc) is 3.16. The molecule has 23 heavy (non-hydrogen) atoms. The minimum Gasteiger partial charge on any atom is -0.508 e. The molecule has 3 N–H and O–H groups in total. The van der Waals surface area contributed by atoms with Crippen LogP contribution in [-0.4, -0.2) is 28.7 Å². The molecule has 4 nitrogen and oxygen atoms in total. The normalized spacial score (nSPS) is 11.3. The molecule has 0 amide bonds. The number of benzene rings is 2. The molecule has 2 aromatic carbocycles. The Bertz CT molecular complexity index is 967. The van der Waals surface area contributed by atoms with Gasteiger partial charge in [0, 0.05) is 47.8 Å². The highest BCUT2D eigenvalue weighted by atomic mass is 16.3. The fourth-order valence-corrected chi connectivity index (χ4v) is 3.15. The molecule has 0 spiro atoms. The van der Waals surface area contributed by atoms with Crippen molar-refractivity contribution in [3.05, 3.63) is 60.4 Å². The number of rotatable bonds is 4. The maximum absolute atomic E-state index is 9.69. The molecular formula is C19H19N3O. The van der Waals surface area contributed by atoms with Gasteiger partial charge in [0.1, 0.15) is 5.75 Å². The molecule has 0 saturated carbocycles. The molecule has 116 valence electrons. The third-order valence-corrected chi connectivity index (χ3v) is 4.45. The van der Waals surface area contributed by atoms with Crippen LogP contribution in [0, 0.1) is 0 Å². The summed E-state index contributed by atoms with van der Waals surface area (Å²) in [7, 11) is 2.11. The Balaban J connectivity index is 1.57. The van der Waals surface area contributed by atoms with Crippen LogP contribution in [0.5, 0.6) is 5.75 Å². The van der Waals surface area contributed by atoms with Gasteiger partial charge in [-0.15, -0.1) is 0 Å². The molecule has 0 unspecified atom stereocenters. The maximum atomic E-state index is 9.69. The van der Waals surface area contributed by atoms with Gasteiger partial charge in [-0.2, -0.15) is 0 Å². The van der Waals surface area contributed by atoms with Crippen molar-refractivity contribution in [1.29, 1.82) is 0 Å². The Kier molecular flexibility index (Phi) is 3.23. The Labute approximate surface area is 134 Å². The van der Waals surface area contributed by atoms with Crippen LogP contribution < -0.4 is 4.90 Å². The van der Waals surface area contributed by atoms with Crippen molar-refractivity contribution in [2.24, 2.45) is 0 Å². The predicted molar refractivity (Wildman–Crippen MR) is 95.2 cm³/mol. The highest BCUT2D eigenvalue weighted by Crippen LogP contribution is 2.27. The Hall–Kier alpha value is -2.88. The smallest absolute Gasteiger partial charge is 0.116 e. The van der Waals surface area contributed by atoms with Crippen molar-refractivity contribution in [3.8, 4) is 5.75 Å². The molecule has 0 saturated heterocycles. The lowest BCUT2D eigenvalue weighted by molar-refractivity contribution is 0.476. The monoisotopic (exact) mass is 305 g/mol. The van der Waals surface area contributed by atoms with Crippen LogP contribution in [0.15, 0.2) is 54.9 Å². The molecule has 2 aromatic heterocycles. The van der Waals surface area contributed by atoms with Crippen molar-refractivity contribution >= 4 is 27.5 Å². The van der Waals surface area contributed by atoms with Crippen molar-refractivity contribution in [2.45, 2.75) is 6.42 Å². The summed E-state index contributed by atoms with van der Waals surface area (Å²) >= 11 is 0. The molecule has 0 radical (unpaired) electrons. The number of anilines is 1. The first-order valence-electron chi connectivity index (χ1n) is 7.78. The third kappa shape index (κ3) is 2.42. The van der Waals surface area contributed by atoms with Crippen molar-refractivity contribution in [3.63, 3.8) is 0 Å². The van der Waals surface area contributed by atoms with Crippen LogP contribution in [0.3, 0.4) is 0 Å². The Morgan fingerprint density at radius 2 is 1.74 bits per heavy atom. The van der Waals surface area contributed by atoms with Crippen molar-refractivity contribution in [1.82, 2.24) is 9.97 Å². The quantitative estimate of drug-likeness (QED) is 0.533. The fraction of sp³-hybridized carbons (Fsp3) is 0.158. The van der Waals surface area contributed by atoms with E-state index in [0.717, 1.165) is 29.4 Å². The van der Waals surface area contributed by atoms with Gasteiger partial charge >= 0.3 is 0 Å². The summed E-state index contributed by atoms with van der Waals surface area (Å²) in [6, 6.07) is 13.8. The lowest BCUT2D eigenvalue weighted by Crippen LogP contribution is -2.19. The number of phenols is 1. The zero-order valence-electron chi connectivity index (χ0n) is 13.0. The summed E-state index contributed by atoms with van der Waals surface area (Å²) in [5.41, 5.74) is 4.66. The zero-order valence-corrected chi connectivity index (χ0v) is 13.0. The number of hydrogen-bond donors (Lipinski definition) is 3. The fourth-order valence-electron chi connectivity index (χ4n) is 3.15. The van der Waals surface area contributed by atoms with Gasteiger partial charge in [0.2, 0.25) is 0 Å². The van der Waals surface area contributed by atoms with Crippen LogP contribution in [0.2, 0.25) is 0 Å². The van der Waals surface area contributed by atoms with Gasteiger partial charge in [-0.25, -0.2) is 0 Å². The minimum absolute atomic E-state index is 0.309. The van der Waals surface area contributed by atoms with Gasteiger partial charge < -0.3 is 20.0 Å². The molecule has 0 aliphatic carbocycles. The zero-order chi connectivity index (χ0) is 15.8. The van der Waals surface area contributed by atoms with E-state index in [4.69, 9.17) is 0 Å². The van der Waals surface area contributed by atoms with Crippen LogP contribution in [-0.2, 0) is 6.42 Å². The number of nitrogens with zero attached hydrogens (tertiary/aromatic N) is 1. The number of fused-ring (bicyclic) bond motifs is 2. The van der Waals surface area contributed by atoms with E-state index in [1.165, 1.54) is 16.6 Å². The van der Waals surface area contributed by atoms with Crippen molar-refractivity contribution in [2.75, 3.05) is 18.5 Å². The van der Waals surface area contributed by atoms with E-state index in [1.807, 2.05) is 24.4 Å². The number of para-hydroxylation sites is 1. The molecule has 4 rings (SSSR count). The number of hydrogen-bond acceptors (Lipinski definition) is 2. The lowest BCUT2D eigenvalue weighted by atomic mass is 10.1. The second-order valence-corrected chi connectivity index (χ2v) is 5.93. The summed E-state index contributed by atoms with van der Waals surface area (Å²) in [5.74, 6) is 0.309. The highest BCUT2D eigenvalue weighted by molar-refractivity contribution is 5.92. The van der Waals surface area contributed by atoms with E-state index in [-0.39, 0.29) is 0 Å². The van der Waals surface area contributed by atoms with E-state index in [2.05, 4.69) is 46.3 Å². The molecule has 4 heteroatoms. The lowest BCUT2D eigenvalue weighted by Gasteiger charge is -2.18. The summed E-state index contributed by atoms with van der Waals surface area (Å²) < 4.78 is 0. The number of likely N-dealkylation sites (N-methyl/N-ethyl adjacent to an activating group) is 1. The molecule has 0 fully saturated rings. The first-order valence-corrected chi connectivity index (χ1v) is 7.78. The van der Waals surface area contributed by atoms with Gasteiger partial charge in [0.15, 0.2) is 0 Å². The van der Waals surface area contributed by atoms with Gasteiger partial charge in [-0.1, -0.05) is 18.2 Å². The second kappa shape index (κ2) is 5.39. The largest absolute Gasteiger partial charge is 0.508 e. The summed E-state index contributed by atoms with van der Waals surface area (Å²) in [6.45, 7) is 0.907. The van der Waals surface area contributed by atoms with Gasteiger partial charge in [0.05, 0.1) is 5.69 Å². The number of aromatic amines is 2. The van der Waals surface area contributed by atoms with E-state index >= 15 is 0 Å². The Morgan fingerprint density at radius 3 is 2.65 bits per heavy atom. The first-order chi connectivity index (χ1) is 11.2. The average molecular weight is 305 g/mol. The van der Waals surface area contributed by atoms with E-state index in [0.29, 0.717) is 5.75 Å². The molecule has 2 heterocycles. The Morgan fingerprint density at radius 1 is 0.957 bits per heavy atom. The van der Waals surface area contributed by atoms with Gasteiger partial charge in [-0.3, -0.25) is 0 Å². The van der Waals surface area contributed by atoms with Crippen LogP contribution in [0.25, 0.3) is 21.8 Å². The molecule has 0 aliphatic heterocycles. The van der Waals surface area contributed by atoms with Gasteiger partial charge in [0.25, 0.3) is 0 Å². The highest BCUT2D eigenvalue weighted by Gasteiger charge is 2.10. The molecule has 4 aromatic rings. The number of aromatic nitrogens is 2. The second-order valence-electron chi connectivity index (χ2n) is 5.93. The van der Waals surface area contributed by atoms with Crippen LogP contribution >= 0.6 is 0 Å². The summed E-state index contributed by atoms with van der Waals surface area (Å²) in [5, 5.41) is 12.0. The predicted octanol–water partition coefficient (Wildman–Crippen LogP) is 4.03. The number of aromatic hydroxyl groups is 1. The maximum Gasteiger partial charge on any atom is 0.116 e. The molecule has 0 atom stereocenters. The topological polar surface area (TPSA) is 55.1 Å².